The van der Waals surface area contributed by atoms with Crippen molar-refractivity contribution in [2.75, 3.05) is 0 Å². The second-order valence-electron chi connectivity index (χ2n) is 2.98. The van der Waals surface area contributed by atoms with E-state index in [0.29, 0.717) is 10.4 Å². The van der Waals surface area contributed by atoms with Gasteiger partial charge in [0.2, 0.25) is 0 Å². The Hall–Kier alpha value is -1.01. The van der Waals surface area contributed by atoms with Gasteiger partial charge in [0, 0.05) is 22.4 Å². The molecule has 0 bridgehead atoms. The molecule has 1 N–H and O–H groups in total. The molecule has 0 saturated heterocycles. The molecule has 0 aromatic heterocycles. The zero-order valence-electron chi connectivity index (χ0n) is 7.77. The number of carbonyl (C=O) groups is 1. The highest BCUT2D eigenvalue weighted by Crippen LogP contribution is 2.22. The van der Waals surface area contributed by atoms with E-state index in [1.54, 1.807) is 24.3 Å². The second kappa shape index (κ2) is 4.67. The number of halogens is 1. The first-order valence-electron chi connectivity index (χ1n) is 4.10. The summed E-state index contributed by atoms with van der Waals surface area (Å²) in [4.78, 5) is 10.9. The van der Waals surface area contributed by atoms with Crippen LogP contribution >= 0.6 is 11.6 Å². The smallest absolute Gasteiger partial charge is 0.336 e. The van der Waals surface area contributed by atoms with Gasteiger partial charge in [-0.25, -0.2) is 4.79 Å². The molecule has 2 aromatic rings. The number of carboxylic acid groups (broad SMARTS) is 1. The van der Waals surface area contributed by atoms with Crippen LogP contribution in [0.5, 0.6) is 0 Å². The van der Waals surface area contributed by atoms with E-state index in [4.69, 9.17) is 16.7 Å². The third kappa shape index (κ3) is 2.32. The van der Waals surface area contributed by atoms with E-state index in [9.17, 15) is 4.79 Å². The highest BCUT2D eigenvalue weighted by atomic mass is 35.5. The Morgan fingerprint density at radius 1 is 1.20 bits per heavy atom. The highest BCUT2D eigenvalue weighted by molar-refractivity contribution is 6.31. The van der Waals surface area contributed by atoms with Gasteiger partial charge in [0.1, 0.15) is 0 Å². The van der Waals surface area contributed by atoms with Crippen molar-refractivity contribution in [2.24, 2.45) is 0 Å². The van der Waals surface area contributed by atoms with Crippen molar-refractivity contribution in [3.63, 3.8) is 0 Å². The van der Waals surface area contributed by atoms with Crippen LogP contribution in [0.25, 0.3) is 10.8 Å². The lowest BCUT2D eigenvalue weighted by Gasteiger charge is -2.02. The monoisotopic (exact) mass is 233 g/mol. The van der Waals surface area contributed by atoms with Crippen LogP contribution in [0.2, 0.25) is 5.02 Å². The Morgan fingerprint density at radius 3 is 2.60 bits per heavy atom. The molecular formula is C11H7AlClO2. The fourth-order valence-corrected chi connectivity index (χ4v) is 1.60. The van der Waals surface area contributed by atoms with Crippen LogP contribution in [0, 0.1) is 0 Å². The van der Waals surface area contributed by atoms with E-state index in [-0.39, 0.29) is 22.9 Å². The molecule has 0 aliphatic rings. The van der Waals surface area contributed by atoms with Gasteiger partial charge in [-0.2, -0.15) is 0 Å². The maximum atomic E-state index is 10.9. The summed E-state index contributed by atoms with van der Waals surface area (Å²) >= 11 is 5.80. The van der Waals surface area contributed by atoms with Crippen molar-refractivity contribution < 1.29 is 9.90 Å². The van der Waals surface area contributed by atoms with Gasteiger partial charge in [0.05, 0.1) is 5.56 Å². The van der Waals surface area contributed by atoms with Crippen molar-refractivity contribution in [1.29, 1.82) is 0 Å². The van der Waals surface area contributed by atoms with Crippen LogP contribution in [0.1, 0.15) is 10.4 Å². The van der Waals surface area contributed by atoms with E-state index in [1.165, 1.54) is 0 Å². The van der Waals surface area contributed by atoms with Crippen molar-refractivity contribution >= 4 is 45.7 Å². The average Bonchev–Trinajstić information content (AvgIpc) is 2.16. The van der Waals surface area contributed by atoms with Gasteiger partial charge in [0.25, 0.3) is 0 Å². The molecule has 0 fully saturated rings. The normalized spacial score (nSPS) is 9.67. The number of rotatable bonds is 1. The largest absolute Gasteiger partial charge is 0.478 e. The number of hydrogen-bond donors (Lipinski definition) is 1. The molecule has 2 rings (SSSR count). The Kier molecular flexibility index (Phi) is 3.76. The third-order valence-electron chi connectivity index (χ3n) is 2.07. The van der Waals surface area contributed by atoms with Crippen LogP contribution in [-0.4, -0.2) is 28.4 Å². The molecule has 2 nitrogen and oxygen atoms in total. The minimum absolute atomic E-state index is 0. The number of aromatic carboxylic acids is 1. The van der Waals surface area contributed by atoms with E-state index in [2.05, 4.69) is 0 Å². The minimum Gasteiger partial charge on any atom is -0.478 e. The molecule has 3 radical (unpaired) electrons. The maximum absolute atomic E-state index is 10.9. The molecule has 0 aliphatic carbocycles. The molecule has 4 heteroatoms. The molecule has 0 aliphatic heterocycles. The van der Waals surface area contributed by atoms with Crippen molar-refractivity contribution in [3.05, 3.63) is 47.0 Å². The maximum Gasteiger partial charge on any atom is 0.336 e. The Labute approximate surface area is 103 Å². The van der Waals surface area contributed by atoms with Crippen LogP contribution in [0.3, 0.4) is 0 Å². The van der Waals surface area contributed by atoms with Gasteiger partial charge in [0.15, 0.2) is 0 Å². The minimum atomic E-state index is -0.933. The molecule has 0 atom stereocenters. The third-order valence-corrected chi connectivity index (χ3v) is 2.31. The number of hydrogen-bond acceptors (Lipinski definition) is 1. The highest BCUT2D eigenvalue weighted by Gasteiger charge is 2.07. The quantitative estimate of drug-likeness (QED) is 0.769. The molecule has 2 aromatic carbocycles. The Balaban J connectivity index is 0.00000112. The van der Waals surface area contributed by atoms with Crippen molar-refractivity contribution in [1.82, 2.24) is 0 Å². The van der Waals surface area contributed by atoms with Gasteiger partial charge < -0.3 is 5.11 Å². The molecule has 0 saturated carbocycles. The predicted octanol–water partition coefficient (Wildman–Crippen LogP) is 2.81. The molecular weight excluding hydrogens is 227 g/mol. The summed E-state index contributed by atoms with van der Waals surface area (Å²) in [5.74, 6) is -0.933. The summed E-state index contributed by atoms with van der Waals surface area (Å²) in [5, 5.41) is 11.0. The topological polar surface area (TPSA) is 37.3 Å². The van der Waals surface area contributed by atoms with Crippen molar-refractivity contribution in [2.45, 2.75) is 0 Å². The summed E-state index contributed by atoms with van der Waals surface area (Å²) in [7, 11) is 0. The molecule has 0 heterocycles. The van der Waals surface area contributed by atoms with Gasteiger partial charge >= 0.3 is 5.97 Å². The zero-order chi connectivity index (χ0) is 10.1. The van der Waals surface area contributed by atoms with Crippen molar-refractivity contribution in [3.8, 4) is 0 Å². The lowest BCUT2D eigenvalue weighted by Crippen LogP contribution is -1.96. The van der Waals surface area contributed by atoms with Crippen LogP contribution in [-0.2, 0) is 0 Å². The number of benzene rings is 2. The fourth-order valence-electron chi connectivity index (χ4n) is 1.43. The fraction of sp³-hybridized carbons (Fsp3) is 0. The second-order valence-corrected chi connectivity index (χ2v) is 3.41. The summed E-state index contributed by atoms with van der Waals surface area (Å²) in [5.41, 5.74) is 0.282. The summed E-state index contributed by atoms with van der Waals surface area (Å²) in [6.45, 7) is 0. The zero-order valence-corrected chi connectivity index (χ0v) is 9.69. The van der Waals surface area contributed by atoms with E-state index >= 15 is 0 Å². The first-order chi connectivity index (χ1) is 6.68. The standard InChI is InChI=1S/C11H7ClO2.Al/c12-8-5-4-7-2-1-3-9(11(13)14)10(7)6-8;/h1-6H,(H,13,14);. The SMILES string of the molecule is O=C(O)c1cccc2ccc(Cl)cc12.[Al]. The molecule has 0 amide bonds. The van der Waals surface area contributed by atoms with Gasteiger partial charge in [-0.05, 0) is 29.0 Å². The molecule has 0 spiro atoms. The summed E-state index contributed by atoms with van der Waals surface area (Å²) < 4.78 is 0. The van der Waals surface area contributed by atoms with E-state index < -0.39 is 5.97 Å². The molecule has 73 valence electrons. The van der Waals surface area contributed by atoms with Crippen LogP contribution in [0.15, 0.2) is 36.4 Å². The summed E-state index contributed by atoms with van der Waals surface area (Å²) in [6, 6.07) is 10.4. The lowest BCUT2D eigenvalue weighted by molar-refractivity contribution is 0.0699. The number of carboxylic acids is 1. The van der Waals surface area contributed by atoms with Gasteiger partial charge in [-0.1, -0.05) is 29.8 Å². The molecule has 0 unspecified atom stereocenters. The Morgan fingerprint density at radius 2 is 1.93 bits per heavy atom. The average molecular weight is 234 g/mol. The van der Waals surface area contributed by atoms with Crippen LogP contribution in [0.4, 0.5) is 0 Å². The van der Waals surface area contributed by atoms with Gasteiger partial charge in [-0.15, -0.1) is 0 Å². The van der Waals surface area contributed by atoms with Crippen LogP contribution < -0.4 is 0 Å². The lowest BCUT2D eigenvalue weighted by atomic mass is 10.1. The predicted molar refractivity (Wildman–Crippen MR) is 61.7 cm³/mol. The van der Waals surface area contributed by atoms with E-state index in [1.807, 2.05) is 12.1 Å². The number of fused-ring (bicyclic) bond motifs is 1. The van der Waals surface area contributed by atoms with E-state index in [0.717, 1.165) is 5.39 Å². The Bertz CT molecular complexity index is 511. The first-order valence-corrected chi connectivity index (χ1v) is 4.48. The first kappa shape index (κ1) is 12.1. The summed E-state index contributed by atoms with van der Waals surface area (Å²) in [6.07, 6.45) is 0. The molecule has 15 heavy (non-hydrogen) atoms. The van der Waals surface area contributed by atoms with Gasteiger partial charge in [-0.3, -0.25) is 0 Å².